The molecule has 0 amide bonds. The Labute approximate surface area is 185 Å². The van der Waals surface area contributed by atoms with Gasteiger partial charge in [0.1, 0.15) is 12.4 Å². The van der Waals surface area contributed by atoms with E-state index in [1.54, 1.807) is 54.6 Å². The Morgan fingerprint density at radius 1 is 1.09 bits per heavy atom. The molecule has 10 heteroatoms. The van der Waals surface area contributed by atoms with Crippen molar-refractivity contribution in [1.82, 2.24) is 9.66 Å². The van der Waals surface area contributed by atoms with Crippen LogP contribution >= 0.6 is 11.6 Å². The molecule has 1 heterocycles. The average molecular weight is 451 g/mol. The van der Waals surface area contributed by atoms with Crippen LogP contribution in [0, 0.1) is 10.1 Å². The molecule has 0 aliphatic carbocycles. The lowest BCUT2D eigenvalue weighted by atomic mass is 10.2. The minimum absolute atomic E-state index is 0.0427. The molecule has 4 aromatic rings. The summed E-state index contributed by atoms with van der Waals surface area (Å²) in [5.41, 5.74) is 0.130. The molecule has 160 valence electrons. The van der Waals surface area contributed by atoms with Gasteiger partial charge in [-0.15, -0.1) is 4.68 Å². The number of rotatable bonds is 6. The summed E-state index contributed by atoms with van der Waals surface area (Å²) in [6.45, 7) is 0.0562. The van der Waals surface area contributed by atoms with Crippen molar-refractivity contribution in [2.24, 2.45) is 5.10 Å². The average Bonchev–Trinajstić information content (AvgIpc) is 2.78. The predicted octanol–water partition coefficient (Wildman–Crippen LogP) is 3.71. The molecule has 0 radical (unpaired) electrons. The Balaban J connectivity index is 1.65. The number of aromatic nitrogens is 2. The van der Waals surface area contributed by atoms with Crippen molar-refractivity contribution in [3.05, 3.63) is 114 Å². The molecule has 0 aliphatic rings. The zero-order chi connectivity index (χ0) is 22.7. The first-order chi connectivity index (χ1) is 15.4. The van der Waals surface area contributed by atoms with Crippen LogP contribution in [0.15, 0.2) is 81.4 Å². The Hall–Kier alpha value is -4.24. The minimum atomic E-state index is -0.689. The van der Waals surface area contributed by atoms with E-state index >= 15 is 0 Å². The maximum Gasteiger partial charge on any atom is 0.349 e. The molecule has 0 fully saturated rings. The number of ether oxygens (including phenoxy) is 1. The fourth-order valence-corrected chi connectivity index (χ4v) is 3.23. The zero-order valence-electron chi connectivity index (χ0n) is 16.4. The predicted molar refractivity (Wildman–Crippen MR) is 121 cm³/mol. The molecule has 0 spiro atoms. The second kappa shape index (κ2) is 8.86. The van der Waals surface area contributed by atoms with Crippen LogP contribution in [-0.4, -0.2) is 20.8 Å². The summed E-state index contributed by atoms with van der Waals surface area (Å²) >= 11 is 6.08. The summed E-state index contributed by atoms with van der Waals surface area (Å²) in [6.07, 6.45) is 1.29. The Morgan fingerprint density at radius 3 is 2.72 bits per heavy atom. The van der Waals surface area contributed by atoms with Crippen LogP contribution in [0.5, 0.6) is 5.75 Å². The highest BCUT2D eigenvalue weighted by molar-refractivity contribution is 6.30. The third kappa shape index (κ3) is 4.42. The van der Waals surface area contributed by atoms with E-state index in [0.717, 1.165) is 0 Å². The number of nitrogens with one attached hydrogen (secondary N) is 1. The van der Waals surface area contributed by atoms with E-state index < -0.39 is 16.2 Å². The maximum absolute atomic E-state index is 12.6. The molecule has 1 N–H and O–H groups in total. The van der Waals surface area contributed by atoms with Gasteiger partial charge < -0.3 is 9.72 Å². The van der Waals surface area contributed by atoms with Crippen molar-refractivity contribution in [3.63, 3.8) is 0 Å². The number of fused-ring (bicyclic) bond motifs is 1. The maximum atomic E-state index is 12.6. The van der Waals surface area contributed by atoms with Crippen molar-refractivity contribution < 1.29 is 9.66 Å². The monoisotopic (exact) mass is 450 g/mol. The third-order valence-corrected chi connectivity index (χ3v) is 4.82. The van der Waals surface area contributed by atoms with Gasteiger partial charge in [-0.3, -0.25) is 14.9 Å². The number of hydrogen-bond acceptors (Lipinski definition) is 6. The van der Waals surface area contributed by atoms with Gasteiger partial charge in [0.05, 0.1) is 22.0 Å². The second-order valence-corrected chi connectivity index (χ2v) is 7.17. The smallest absolute Gasteiger partial charge is 0.349 e. The van der Waals surface area contributed by atoms with E-state index in [1.165, 1.54) is 18.3 Å². The molecule has 0 saturated carbocycles. The largest absolute Gasteiger partial charge is 0.488 e. The molecule has 0 unspecified atom stereocenters. The molecule has 3 aromatic carbocycles. The first-order valence-corrected chi connectivity index (χ1v) is 9.74. The Kier molecular flexibility index (Phi) is 5.82. The summed E-state index contributed by atoms with van der Waals surface area (Å²) in [5.74, 6) is 0.370. The van der Waals surface area contributed by atoms with E-state index in [4.69, 9.17) is 16.3 Å². The SMILES string of the molecule is O=c1[nH]c2ccccc2c(=O)n1N=Cc1cc(Cl)ccc1OCc1cccc([N+](=O)[O-])c1. The number of hydrogen-bond donors (Lipinski definition) is 1. The van der Waals surface area contributed by atoms with Crippen LogP contribution in [0.1, 0.15) is 11.1 Å². The van der Waals surface area contributed by atoms with Gasteiger partial charge in [-0.1, -0.05) is 35.9 Å². The Morgan fingerprint density at radius 2 is 1.91 bits per heavy atom. The number of H-pyrrole nitrogens is 1. The normalized spacial score (nSPS) is 11.2. The molecule has 4 rings (SSSR count). The summed E-state index contributed by atoms with van der Waals surface area (Å²) < 4.78 is 6.50. The van der Waals surface area contributed by atoms with Gasteiger partial charge in [-0.05, 0) is 35.9 Å². The van der Waals surface area contributed by atoms with E-state index in [-0.39, 0.29) is 12.3 Å². The molecular weight excluding hydrogens is 436 g/mol. The van der Waals surface area contributed by atoms with Crippen LogP contribution in [0.25, 0.3) is 10.9 Å². The molecule has 0 saturated heterocycles. The first-order valence-electron chi connectivity index (χ1n) is 9.36. The fraction of sp³-hybridized carbons (Fsp3) is 0.0455. The Bertz CT molecular complexity index is 1480. The van der Waals surface area contributed by atoms with Gasteiger partial charge >= 0.3 is 5.69 Å². The molecular formula is C22H15ClN4O5. The number of halogens is 1. The van der Waals surface area contributed by atoms with Gasteiger partial charge in [0.15, 0.2) is 0 Å². The number of benzene rings is 3. The lowest BCUT2D eigenvalue weighted by Gasteiger charge is -2.10. The number of non-ortho nitro benzene ring substituents is 1. The van der Waals surface area contributed by atoms with E-state index in [2.05, 4.69) is 10.1 Å². The van der Waals surface area contributed by atoms with Crippen molar-refractivity contribution in [2.45, 2.75) is 6.61 Å². The minimum Gasteiger partial charge on any atom is -0.488 e. The van der Waals surface area contributed by atoms with Crippen LogP contribution in [0.3, 0.4) is 0 Å². The number of nitro groups is 1. The van der Waals surface area contributed by atoms with Gasteiger partial charge in [-0.25, -0.2) is 4.79 Å². The lowest BCUT2D eigenvalue weighted by Crippen LogP contribution is -2.32. The van der Waals surface area contributed by atoms with Gasteiger partial charge in [0.25, 0.3) is 11.2 Å². The molecule has 32 heavy (non-hydrogen) atoms. The molecule has 1 aromatic heterocycles. The zero-order valence-corrected chi connectivity index (χ0v) is 17.2. The molecule has 0 atom stereocenters. The van der Waals surface area contributed by atoms with E-state index in [9.17, 15) is 19.7 Å². The van der Waals surface area contributed by atoms with E-state index in [1.807, 2.05) is 0 Å². The van der Waals surface area contributed by atoms with Gasteiger partial charge in [0.2, 0.25) is 0 Å². The number of aromatic amines is 1. The van der Waals surface area contributed by atoms with Crippen molar-refractivity contribution in [2.75, 3.05) is 0 Å². The quantitative estimate of drug-likeness (QED) is 0.273. The van der Waals surface area contributed by atoms with Crippen molar-refractivity contribution in [3.8, 4) is 5.75 Å². The molecule has 0 bridgehead atoms. The first kappa shape index (κ1) is 21.0. The van der Waals surface area contributed by atoms with Crippen LogP contribution < -0.4 is 16.0 Å². The number of nitro benzene ring substituents is 1. The summed E-state index contributed by atoms with van der Waals surface area (Å²) in [6, 6.07) is 17.5. The second-order valence-electron chi connectivity index (χ2n) is 6.74. The summed E-state index contributed by atoms with van der Waals surface area (Å²) in [7, 11) is 0. The summed E-state index contributed by atoms with van der Waals surface area (Å²) in [5, 5.41) is 15.7. The third-order valence-electron chi connectivity index (χ3n) is 4.58. The standard InChI is InChI=1S/C22H15ClN4O5/c23-16-8-9-20(32-13-14-4-3-5-17(10-14)27(30)31)15(11-16)12-24-26-21(28)18-6-1-2-7-19(18)25-22(26)29/h1-12H,13H2,(H,25,29). The molecule has 0 aliphatic heterocycles. The topological polar surface area (TPSA) is 120 Å². The highest BCUT2D eigenvalue weighted by Gasteiger charge is 2.09. The van der Waals surface area contributed by atoms with Gasteiger partial charge in [-0.2, -0.15) is 5.10 Å². The lowest BCUT2D eigenvalue weighted by molar-refractivity contribution is -0.384. The van der Waals surface area contributed by atoms with Crippen LogP contribution in [0.4, 0.5) is 5.69 Å². The van der Waals surface area contributed by atoms with E-state index in [0.29, 0.717) is 37.5 Å². The fourth-order valence-electron chi connectivity index (χ4n) is 3.05. The van der Waals surface area contributed by atoms with Gasteiger partial charge in [0, 0.05) is 22.7 Å². The van der Waals surface area contributed by atoms with Crippen LogP contribution in [-0.2, 0) is 6.61 Å². The van der Waals surface area contributed by atoms with Crippen molar-refractivity contribution >= 4 is 34.4 Å². The highest BCUT2D eigenvalue weighted by Crippen LogP contribution is 2.23. The van der Waals surface area contributed by atoms with Crippen molar-refractivity contribution in [1.29, 1.82) is 0 Å². The number of para-hydroxylation sites is 1. The molecule has 9 nitrogen and oxygen atoms in total. The highest BCUT2D eigenvalue weighted by atomic mass is 35.5. The van der Waals surface area contributed by atoms with Crippen LogP contribution in [0.2, 0.25) is 5.02 Å². The summed E-state index contributed by atoms with van der Waals surface area (Å²) in [4.78, 5) is 38.0. The number of nitrogens with zero attached hydrogens (tertiary/aromatic N) is 3.